The number of amides is 2. The molecule has 1 aromatic heterocycles. The lowest BCUT2D eigenvalue weighted by Crippen LogP contribution is -2.45. The van der Waals surface area contributed by atoms with Crippen molar-refractivity contribution >= 4 is 28.8 Å². The molecule has 4 nitrogen and oxygen atoms in total. The van der Waals surface area contributed by atoms with E-state index in [4.69, 9.17) is 0 Å². The molecular weight excluding hydrogens is 344 g/mol. The lowest BCUT2D eigenvalue weighted by Gasteiger charge is -2.36. The molecule has 2 amide bonds. The lowest BCUT2D eigenvalue weighted by atomic mass is 9.73. The number of carbonyl (C=O) groups excluding carboxylic acids is 2. The van der Waals surface area contributed by atoms with E-state index in [1.54, 1.807) is 11.3 Å². The zero-order valence-electron chi connectivity index (χ0n) is 15.4. The molecular formula is C21H26N2O2S. The van der Waals surface area contributed by atoms with Crippen molar-refractivity contribution in [2.75, 3.05) is 11.9 Å². The molecule has 3 rings (SSSR count). The van der Waals surface area contributed by atoms with Gasteiger partial charge in [0.15, 0.2) is 0 Å². The van der Waals surface area contributed by atoms with Gasteiger partial charge in [0.05, 0.1) is 0 Å². The van der Waals surface area contributed by atoms with Gasteiger partial charge in [-0.3, -0.25) is 9.59 Å². The maximum absolute atomic E-state index is 12.4. The number of carbonyl (C=O) groups is 2. The monoisotopic (exact) mass is 370 g/mol. The first-order valence-corrected chi connectivity index (χ1v) is 10.1. The Morgan fingerprint density at radius 1 is 1.08 bits per heavy atom. The standard InChI is InChI=1S/C21H26N2O2S/c1-15-8-9-17(16(2)13-15)23-20(25)19(24)22-14-21(10-4-3-5-11-21)18-7-6-12-26-18/h6-9,12-13H,3-5,10-11,14H2,1-2H3,(H,22,24)(H,23,25). The Morgan fingerprint density at radius 2 is 1.85 bits per heavy atom. The number of nitrogens with one attached hydrogen (secondary N) is 2. The van der Waals surface area contributed by atoms with E-state index < -0.39 is 11.8 Å². The van der Waals surface area contributed by atoms with Gasteiger partial charge >= 0.3 is 11.8 Å². The molecule has 1 fully saturated rings. The van der Waals surface area contributed by atoms with Crippen LogP contribution in [0.4, 0.5) is 5.69 Å². The molecule has 2 N–H and O–H groups in total. The summed E-state index contributed by atoms with van der Waals surface area (Å²) >= 11 is 1.74. The summed E-state index contributed by atoms with van der Waals surface area (Å²) in [6.45, 7) is 4.44. The van der Waals surface area contributed by atoms with Crippen LogP contribution in [-0.2, 0) is 15.0 Å². The third-order valence-corrected chi connectivity index (χ3v) is 6.39. The van der Waals surface area contributed by atoms with Gasteiger partial charge in [-0.2, -0.15) is 0 Å². The lowest BCUT2D eigenvalue weighted by molar-refractivity contribution is -0.136. The Bertz CT molecular complexity index is 777. The quantitative estimate of drug-likeness (QED) is 0.788. The summed E-state index contributed by atoms with van der Waals surface area (Å²) in [6, 6.07) is 9.96. The van der Waals surface area contributed by atoms with E-state index in [1.807, 2.05) is 32.0 Å². The second-order valence-electron chi connectivity index (χ2n) is 7.27. The molecule has 1 aliphatic carbocycles. The van der Waals surface area contributed by atoms with Gasteiger partial charge in [0.2, 0.25) is 0 Å². The van der Waals surface area contributed by atoms with Gasteiger partial charge in [0, 0.05) is 22.5 Å². The van der Waals surface area contributed by atoms with Crippen LogP contribution >= 0.6 is 11.3 Å². The van der Waals surface area contributed by atoms with Crippen molar-refractivity contribution in [3.05, 3.63) is 51.7 Å². The number of hydrogen-bond donors (Lipinski definition) is 2. The van der Waals surface area contributed by atoms with Crippen LogP contribution in [0.1, 0.15) is 48.1 Å². The van der Waals surface area contributed by atoms with Crippen LogP contribution in [0.25, 0.3) is 0 Å². The molecule has 5 heteroatoms. The Labute approximate surface area is 159 Å². The largest absolute Gasteiger partial charge is 0.347 e. The number of aryl methyl sites for hydroxylation is 2. The minimum absolute atomic E-state index is 0.0257. The number of rotatable bonds is 4. The van der Waals surface area contributed by atoms with Crippen LogP contribution in [0.3, 0.4) is 0 Å². The molecule has 0 atom stereocenters. The minimum Gasteiger partial charge on any atom is -0.347 e. The highest BCUT2D eigenvalue weighted by atomic mass is 32.1. The van der Waals surface area contributed by atoms with Crippen molar-refractivity contribution in [2.24, 2.45) is 0 Å². The first-order valence-electron chi connectivity index (χ1n) is 9.21. The molecule has 0 spiro atoms. The second-order valence-corrected chi connectivity index (χ2v) is 8.22. The average molecular weight is 371 g/mol. The Kier molecular flexibility index (Phi) is 5.77. The molecule has 1 aromatic carbocycles. The van der Waals surface area contributed by atoms with Crippen molar-refractivity contribution < 1.29 is 9.59 Å². The summed E-state index contributed by atoms with van der Waals surface area (Å²) < 4.78 is 0. The first-order chi connectivity index (χ1) is 12.5. The highest BCUT2D eigenvalue weighted by Crippen LogP contribution is 2.41. The van der Waals surface area contributed by atoms with Crippen molar-refractivity contribution in [3.8, 4) is 0 Å². The van der Waals surface area contributed by atoms with Crippen molar-refractivity contribution in [3.63, 3.8) is 0 Å². The normalized spacial score (nSPS) is 16.1. The van der Waals surface area contributed by atoms with Crippen LogP contribution in [-0.4, -0.2) is 18.4 Å². The van der Waals surface area contributed by atoms with Crippen molar-refractivity contribution in [1.29, 1.82) is 0 Å². The van der Waals surface area contributed by atoms with E-state index in [1.165, 1.54) is 24.1 Å². The van der Waals surface area contributed by atoms with Gasteiger partial charge in [-0.25, -0.2) is 0 Å². The van der Waals surface area contributed by atoms with Crippen LogP contribution in [0.5, 0.6) is 0 Å². The summed E-state index contributed by atoms with van der Waals surface area (Å²) in [7, 11) is 0. The van der Waals surface area contributed by atoms with Crippen molar-refractivity contribution in [1.82, 2.24) is 5.32 Å². The van der Waals surface area contributed by atoms with E-state index in [2.05, 4.69) is 28.1 Å². The van der Waals surface area contributed by atoms with E-state index in [0.29, 0.717) is 12.2 Å². The molecule has 26 heavy (non-hydrogen) atoms. The molecule has 1 aliphatic rings. The van der Waals surface area contributed by atoms with Gasteiger partial charge in [-0.15, -0.1) is 11.3 Å². The molecule has 1 heterocycles. The van der Waals surface area contributed by atoms with Gasteiger partial charge in [0.1, 0.15) is 0 Å². The Morgan fingerprint density at radius 3 is 2.50 bits per heavy atom. The number of thiophene rings is 1. The fourth-order valence-corrected chi connectivity index (χ4v) is 4.77. The smallest absolute Gasteiger partial charge is 0.313 e. The zero-order valence-corrected chi connectivity index (χ0v) is 16.2. The highest BCUT2D eigenvalue weighted by Gasteiger charge is 2.35. The Balaban J connectivity index is 1.64. The van der Waals surface area contributed by atoms with Gasteiger partial charge in [0.25, 0.3) is 0 Å². The zero-order chi connectivity index (χ0) is 18.6. The molecule has 0 bridgehead atoms. The van der Waals surface area contributed by atoms with Gasteiger partial charge in [-0.1, -0.05) is 43.0 Å². The van der Waals surface area contributed by atoms with Crippen LogP contribution < -0.4 is 10.6 Å². The molecule has 0 aliphatic heterocycles. The number of anilines is 1. The summed E-state index contributed by atoms with van der Waals surface area (Å²) in [5.74, 6) is -1.17. The molecule has 0 radical (unpaired) electrons. The van der Waals surface area contributed by atoms with E-state index in [0.717, 1.165) is 24.0 Å². The van der Waals surface area contributed by atoms with E-state index >= 15 is 0 Å². The molecule has 0 saturated heterocycles. The SMILES string of the molecule is Cc1ccc(NC(=O)C(=O)NCC2(c3cccs3)CCCCC2)c(C)c1. The predicted molar refractivity (Wildman–Crippen MR) is 107 cm³/mol. The highest BCUT2D eigenvalue weighted by molar-refractivity contribution is 7.10. The van der Waals surface area contributed by atoms with Crippen LogP contribution in [0.15, 0.2) is 35.7 Å². The van der Waals surface area contributed by atoms with Crippen molar-refractivity contribution in [2.45, 2.75) is 51.4 Å². The predicted octanol–water partition coefficient (Wildman–Crippen LogP) is 4.32. The maximum atomic E-state index is 12.4. The average Bonchev–Trinajstić information content (AvgIpc) is 3.18. The summed E-state index contributed by atoms with van der Waals surface area (Å²) in [6.07, 6.45) is 5.71. The van der Waals surface area contributed by atoms with Gasteiger partial charge in [-0.05, 0) is 49.8 Å². The van der Waals surface area contributed by atoms with Crippen LogP contribution in [0, 0.1) is 13.8 Å². The third-order valence-electron chi connectivity index (χ3n) is 5.28. The first kappa shape index (κ1) is 18.6. The topological polar surface area (TPSA) is 58.2 Å². The van der Waals surface area contributed by atoms with E-state index in [-0.39, 0.29) is 5.41 Å². The molecule has 138 valence electrons. The summed E-state index contributed by atoms with van der Waals surface area (Å²) in [5, 5.41) is 7.70. The Hall–Kier alpha value is -2.14. The number of benzene rings is 1. The summed E-state index contributed by atoms with van der Waals surface area (Å²) in [4.78, 5) is 26.0. The molecule has 1 saturated carbocycles. The van der Waals surface area contributed by atoms with Gasteiger partial charge < -0.3 is 10.6 Å². The third kappa shape index (κ3) is 4.15. The van der Waals surface area contributed by atoms with Crippen LogP contribution in [0.2, 0.25) is 0 Å². The number of hydrogen-bond acceptors (Lipinski definition) is 3. The maximum Gasteiger partial charge on any atom is 0.313 e. The summed E-state index contributed by atoms with van der Waals surface area (Å²) in [5.41, 5.74) is 2.73. The fourth-order valence-electron chi connectivity index (χ4n) is 3.78. The second kappa shape index (κ2) is 8.04. The fraction of sp³-hybridized carbons (Fsp3) is 0.429. The molecule has 2 aromatic rings. The van der Waals surface area contributed by atoms with E-state index in [9.17, 15) is 9.59 Å². The minimum atomic E-state index is -0.603. The molecule has 0 unspecified atom stereocenters.